The zero-order valence-electron chi connectivity index (χ0n) is 15.2. The molecule has 1 aliphatic rings. The molecule has 0 bridgehead atoms. The van der Waals surface area contributed by atoms with Gasteiger partial charge in [0.05, 0.1) is 20.3 Å². The number of esters is 1. The first-order chi connectivity index (χ1) is 12.0. The first kappa shape index (κ1) is 19.0. The van der Waals surface area contributed by atoms with Crippen molar-refractivity contribution in [2.45, 2.75) is 51.6 Å². The van der Waals surface area contributed by atoms with E-state index >= 15 is 0 Å². The Kier molecular flexibility index (Phi) is 7.04. The van der Waals surface area contributed by atoms with Gasteiger partial charge in [0.2, 0.25) is 0 Å². The normalized spacial score (nSPS) is 20.8. The highest BCUT2D eigenvalue weighted by atomic mass is 16.5. The van der Waals surface area contributed by atoms with Crippen molar-refractivity contribution in [3.8, 4) is 11.5 Å². The molecule has 0 spiro atoms. The Balaban J connectivity index is 2.39. The molecule has 0 radical (unpaired) electrons. The molecule has 0 saturated carbocycles. The molecule has 0 aromatic heterocycles. The standard InChI is InChI=1S/C20H26O5/c1-14-8-7-11-16(21)10-6-4-5-9-15-12-17(23-2)13-18(24-3)19(15)20(22)25-14/h5,9,12-14H,4,6-8,10-11H2,1-3H3/b9-5+/t14-/m1/s1. The van der Waals surface area contributed by atoms with Gasteiger partial charge in [-0.25, -0.2) is 4.79 Å². The lowest BCUT2D eigenvalue weighted by Gasteiger charge is -2.17. The molecule has 25 heavy (non-hydrogen) atoms. The summed E-state index contributed by atoms with van der Waals surface area (Å²) in [5, 5.41) is 0. The Morgan fingerprint density at radius 1 is 1.08 bits per heavy atom. The number of Topliss-reactive ketones (excluding diaryl/α,β-unsaturated/α-hetero) is 1. The van der Waals surface area contributed by atoms with Gasteiger partial charge in [0.1, 0.15) is 22.8 Å². The van der Waals surface area contributed by atoms with Crippen LogP contribution in [0, 0.1) is 0 Å². The predicted octanol–water partition coefficient (Wildman–Crippen LogP) is 4.19. The van der Waals surface area contributed by atoms with Crippen LogP contribution in [-0.2, 0) is 9.53 Å². The Labute approximate surface area is 149 Å². The maximum Gasteiger partial charge on any atom is 0.342 e. The van der Waals surface area contributed by atoms with Crippen LogP contribution in [-0.4, -0.2) is 32.1 Å². The van der Waals surface area contributed by atoms with Gasteiger partial charge >= 0.3 is 5.97 Å². The number of ether oxygens (including phenoxy) is 3. The highest BCUT2D eigenvalue weighted by Gasteiger charge is 2.21. The summed E-state index contributed by atoms with van der Waals surface area (Å²) >= 11 is 0. The zero-order valence-corrected chi connectivity index (χ0v) is 15.2. The fourth-order valence-corrected chi connectivity index (χ4v) is 2.88. The molecule has 5 heteroatoms. The van der Waals surface area contributed by atoms with Gasteiger partial charge in [-0.2, -0.15) is 0 Å². The number of hydrogen-bond donors (Lipinski definition) is 0. The van der Waals surface area contributed by atoms with E-state index in [4.69, 9.17) is 14.2 Å². The quantitative estimate of drug-likeness (QED) is 0.752. The Morgan fingerprint density at radius 3 is 2.56 bits per heavy atom. The van der Waals surface area contributed by atoms with Gasteiger partial charge < -0.3 is 14.2 Å². The van der Waals surface area contributed by atoms with Crippen LogP contribution >= 0.6 is 0 Å². The second-order valence-corrected chi connectivity index (χ2v) is 6.24. The second kappa shape index (κ2) is 9.25. The monoisotopic (exact) mass is 346 g/mol. The van der Waals surface area contributed by atoms with Crippen molar-refractivity contribution in [2.75, 3.05) is 14.2 Å². The maximum absolute atomic E-state index is 12.7. The second-order valence-electron chi connectivity index (χ2n) is 6.24. The van der Waals surface area contributed by atoms with Crippen LogP contribution in [0.15, 0.2) is 18.2 Å². The van der Waals surface area contributed by atoms with E-state index in [0.29, 0.717) is 41.9 Å². The summed E-state index contributed by atoms with van der Waals surface area (Å²) in [6.45, 7) is 1.85. The minimum Gasteiger partial charge on any atom is -0.497 e. The van der Waals surface area contributed by atoms with Crippen molar-refractivity contribution >= 4 is 17.8 Å². The molecule has 2 rings (SSSR count). The molecular weight excluding hydrogens is 320 g/mol. The van der Waals surface area contributed by atoms with Gasteiger partial charge in [-0.3, -0.25) is 4.79 Å². The lowest BCUT2D eigenvalue weighted by molar-refractivity contribution is -0.119. The molecule has 0 fully saturated rings. The third-order valence-electron chi connectivity index (χ3n) is 4.26. The molecule has 1 atom stereocenters. The van der Waals surface area contributed by atoms with E-state index in [-0.39, 0.29) is 11.9 Å². The number of carbonyl (C=O) groups excluding carboxylic acids is 2. The lowest BCUT2D eigenvalue weighted by atomic mass is 10.0. The van der Waals surface area contributed by atoms with Gasteiger partial charge in [0.15, 0.2) is 0 Å². The van der Waals surface area contributed by atoms with Crippen molar-refractivity contribution in [2.24, 2.45) is 0 Å². The summed E-state index contributed by atoms with van der Waals surface area (Å²) in [6.07, 6.45) is 7.69. The van der Waals surface area contributed by atoms with E-state index in [1.165, 1.54) is 7.11 Å². The van der Waals surface area contributed by atoms with Crippen LogP contribution < -0.4 is 9.47 Å². The number of hydrogen-bond acceptors (Lipinski definition) is 5. The minimum absolute atomic E-state index is 0.258. The van der Waals surface area contributed by atoms with Gasteiger partial charge in [0, 0.05) is 18.9 Å². The maximum atomic E-state index is 12.7. The molecule has 1 aliphatic heterocycles. The molecule has 136 valence electrons. The zero-order chi connectivity index (χ0) is 18.2. The van der Waals surface area contributed by atoms with Crippen molar-refractivity contribution in [1.82, 2.24) is 0 Å². The van der Waals surface area contributed by atoms with Crippen LogP contribution in [0.5, 0.6) is 11.5 Å². The third kappa shape index (κ3) is 5.34. The lowest BCUT2D eigenvalue weighted by Crippen LogP contribution is -2.17. The van der Waals surface area contributed by atoms with E-state index < -0.39 is 5.97 Å². The molecule has 0 aliphatic carbocycles. The molecular formula is C20H26O5. The number of allylic oxidation sites excluding steroid dienone is 1. The smallest absolute Gasteiger partial charge is 0.342 e. The van der Waals surface area contributed by atoms with Crippen LogP contribution in [0.1, 0.15) is 61.4 Å². The predicted molar refractivity (Wildman–Crippen MR) is 96.2 cm³/mol. The number of fused-ring (bicyclic) bond motifs is 1. The van der Waals surface area contributed by atoms with E-state index in [2.05, 4.69) is 0 Å². The summed E-state index contributed by atoms with van der Waals surface area (Å²) in [4.78, 5) is 24.5. The molecule has 5 nitrogen and oxygen atoms in total. The Hall–Kier alpha value is -2.30. The van der Waals surface area contributed by atoms with Gasteiger partial charge in [0.25, 0.3) is 0 Å². The van der Waals surface area contributed by atoms with Crippen LogP contribution in [0.4, 0.5) is 0 Å². The highest BCUT2D eigenvalue weighted by Crippen LogP contribution is 2.31. The van der Waals surface area contributed by atoms with Gasteiger partial charge in [-0.15, -0.1) is 0 Å². The van der Waals surface area contributed by atoms with Crippen molar-refractivity contribution in [3.05, 3.63) is 29.3 Å². The van der Waals surface area contributed by atoms with Crippen molar-refractivity contribution < 1.29 is 23.8 Å². The fraction of sp³-hybridized carbons (Fsp3) is 0.500. The van der Waals surface area contributed by atoms with Crippen molar-refractivity contribution in [3.63, 3.8) is 0 Å². The van der Waals surface area contributed by atoms with Gasteiger partial charge in [-0.1, -0.05) is 12.2 Å². The average molecular weight is 346 g/mol. The first-order valence-corrected chi connectivity index (χ1v) is 8.70. The summed E-state index contributed by atoms with van der Waals surface area (Å²) in [6, 6.07) is 3.47. The van der Waals surface area contributed by atoms with Crippen molar-refractivity contribution in [1.29, 1.82) is 0 Å². The highest BCUT2D eigenvalue weighted by molar-refractivity contribution is 5.97. The Morgan fingerprint density at radius 2 is 1.84 bits per heavy atom. The first-order valence-electron chi connectivity index (χ1n) is 8.70. The number of carbonyl (C=O) groups is 2. The summed E-state index contributed by atoms with van der Waals surface area (Å²) in [5.41, 5.74) is 1.09. The summed E-state index contributed by atoms with van der Waals surface area (Å²) < 4.78 is 16.2. The van der Waals surface area contributed by atoms with Crippen LogP contribution in [0.2, 0.25) is 0 Å². The molecule has 0 unspecified atom stereocenters. The minimum atomic E-state index is -0.421. The summed E-state index contributed by atoms with van der Waals surface area (Å²) in [5.74, 6) is 0.888. The number of cyclic esters (lactones) is 1. The van der Waals surface area contributed by atoms with E-state index in [9.17, 15) is 9.59 Å². The SMILES string of the molecule is COc1cc2c(c(OC)c1)C(=O)O[C@H](C)CCCC(=O)CCC/C=C/2. The molecule has 1 aromatic rings. The van der Waals surface area contributed by atoms with Crippen LogP contribution in [0.3, 0.4) is 0 Å². The van der Waals surface area contributed by atoms with E-state index in [1.807, 2.05) is 19.1 Å². The van der Waals surface area contributed by atoms with Crippen LogP contribution in [0.25, 0.3) is 6.08 Å². The number of methoxy groups -OCH3 is 2. The van der Waals surface area contributed by atoms with E-state index in [1.54, 1.807) is 19.2 Å². The largest absolute Gasteiger partial charge is 0.497 e. The molecule has 0 N–H and O–H groups in total. The topological polar surface area (TPSA) is 61.8 Å². The Bertz CT molecular complexity index is 648. The average Bonchev–Trinajstić information content (AvgIpc) is 2.59. The molecule has 1 aromatic carbocycles. The number of ketones is 1. The third-order valence-corrected chi connectivity index (χ3v) is 4.26. The van der Waals surface area contributed by atoms with E-state index in [0.717, 1.165) is 19.3 Å². The molecule has 0 amide bonds. The fourth-order valence-electron chi connectivity index (χ4n) is 2.88. The number of benzene rings is 1. The molecule has 0 saturated heterocycles. The number of rotatable bonds is 2. The van der Waals surface area contributed by atoms with Gasteiger partial charge in [-0.05, 0) is 44.2 Å². The molecule has 1 heterocycles. The summed E-state index contributed by atoms with van der Waals surface area (Å²) in [7, 11) is 3.09.